The van der Waals surface area contributed by atoms with E-state index in [0.29, 0.717) is 11.8 Å². The number of carbonyl (C=O) groups excluding carboxylic acids is 1. The van der Waals surface area contributed by atoms with Crippen LogP contribution in [0.15, 0.2) is 36.5 Å². The molecule has 1 aromatic heterocycles. The Bertz CT molecular complexity index is 765. The van der Waals surface area contributed by atoms with Gasteiger partial charge in [0.2, 0.25) is 5.91 Å². The topological polar surface area (TPSA) is 47.4 Å². The van der Waals surface area contributed by atoms with Crippen molar-refractivity contribution < 1.29 is 9.53 Å². The van der Waals surface area contributed by atoms with Gasteiger partial charge in [-0.15, -0.1) is 0 Å². The van der Waals surface area contributed by atoms with Gasteiger partial charge in [0, 0.05) is 56.2 Å². The standard InChI is InChI=1S/C22H29N3O2/c1-17-14-23-21(19-7-3-2-4-8-19)25(17)16-18-6-5-11-24(15-18)22(26)20-9-12-27-13-10-20/h2-4,7-8,14,18,20H,5-6,9-13,15-16H2,1H3. The van der Waals surface area contributed by atoms with Crippen LogP contribution in [0.1, 0.15) is 31.4 Å². The Morgan fingerprint density at radius 2 is 1.96 bits per heavy atom. The molecule has 1 unspecified atom stereocenters. The maximum atomic E-state index is 12.9. The molecule has 3 heterocycles. The van der Waals surface area contributed by atoms with E-state index < -0.39 is 0 Å². The summed E-state index contributed by atoms with van der Waals surface area (Å²) in [5.74, 6) is 2.01. The predicted octanol–water partition coefficient (Wildman–Crippen LogP) is 3.52. The first-order valence-corrected chi connectivity index (χ1v) is 10.2. The summed E-state index contributed by atoms with van der Waals surface area (Å²) in [4.78, 5) is 19.7. The van der Waals surface area contributed by atoms with Gasteiger partial charge in [-0.3, -0.25) is 4.79 Å². The molecule has 2 aliphatic rings. The summed E-state index contributed by atoms with van der Waals surface area (Å²) < 4.78 is 7.74. The molecule has 1 amide bonds. The van der Waals surface area contributed by atoms with Gasteiger partial charge in [-0.1, -0.05) is 30.3 Å². The minimum atomic E-state index is 0.160. The molecule has 1 atom stereocenters. The number of aromatic nitrogens is 2. The summed E-state index contributed by atoms with van der Waals surface area (Å²) in [7, 11) is 0. The van der Waals surface area contributed by atoms with E-state index in [2.05, 4.69) is 45.6 Å². The molecule has 5 heteroatoms. The number of aryl methyl sites for hydroxylation is 1. The molecule has 0 N–H and O–H groups in total. The van der Waals surface area contributed by atoms with E-state index >= 15 is 0 Å². The summed E-state index contributed by atoms with van der Waals surface area (Å²) in [6.07, 6.45) is 5.96. The number of imidazole rings is 1. The third-order valence-electron chi connectivity index (χ3n) is 5.93. The monoisotopic (exact) mass is 367 g/mol. The van der Waals surface area contributed by atoms with Crippen molar-refractivity contribution in [3.05, 3.63) is 42.2 Å². The molecule has 144 valence electrons. The first-order chi connectivity index (χ1) is 13.2. The molecule has 0 aliphatic carbocycles. The SMILES string of the molecule is Cc1cnc(-c2ccccc2)n1CC1CCCN(C(=O)C2CCOCC2)C1. The van der Waals surface area contributed by atoms with Gasteiger partial charge in [-0.05, 0) is 38.5 Å². The highest BCUT2D eigenvalue weighted by Crippen LogP contribution is 2.26. The molecule has 1 aromatic carbocycles. The summed E-state index contributed by atoms with van der Waals surface area (Å²) in [5, 5.41) is 0. The number of hydrogen-bond donors (Lipinski definition) is 0. The van der Waals surface area contributed by atoms with Crippen LogP contribution in [0.2, 0.25) is 0 Å². The molecular formula is C22H29N3O2. The minimum absolute atomic E-state index is 0.160. The van der Waals surface area contributed by atoms with E-state index in [0.717, 1.165) is 63.5 Å². The molecule has 2 saturated heterocycles. The molecule has 0 saturated carbocycles. The summed E-state index contributed by atoms with van der Waals surface area (Å²) in [5.41, 5.74) is 2.33. The van der Waals surface area contributed by atoms with Crippen LogP contribution >= 0.6 is 0 Å². The highest BCUT2D eigenvalue weighted by molar-refractivity contribution is 5.79. The Kier molecular flexibility index (Phi) is 5.58. The summed E-state index contributed by atoms with van der Waals surface area (Å²) in [6.45, 7) is 6.26. The molecule has 2 aliphatic heterocycles. The number of piperidine rings is 1. The Hall–Kier alpha value is -2.14. The Balaban J connectivity index is 1.45. The number of benzene rings is 1. The third kappa shape index (κ3) is 4.08. The smallest absolute Gasteiger partial charge is 0.225 e. The lowest BCUT2D eigenvalue weighted by atomic mass is 9.93. The van der Waals surface area contributed by atoms with Crippen LogP contribution < -0.4 is 0 Å². The van der Waals surface area contributed by atoms with E-state index in [1.54, 1.807) is 0 Å². The van der Waals surface area contributed by atoms with Crippen molar-refractivity contribution in [1.29, 1.82) is 0 Å². The fraction of sp³-hybridized carbons (Fsp3) is 0.545. The summed E-state index contributed by atoms with van der Waals surface area (Å²) in [6, 6.07) is 10.4. The second-order valence-corrected chi connectivity index (χ2v) is 7.88. The summed E-state index contributed by atoms with van der Waals surface area (Å²) >= 11 is 0. The van der Waals surface area contributed by atoms with E-state index in [1.165, 1.54) is 12.1 Å². The maximum absolute atomic E-state index is 12.9. The Morgan fingerprint density at radius 3 is 2.74 bits per heavy atom. The van der Waals surface area contributed by atoms with Gasteiger partial charge < -0.3 is 14.2 Å². The number of ether oxygens (including phenoxy) is 1. The molecule has 4 rings (SSSR count). The van der Waals surface area contributed by atoms with Crippen LogP contribution in [0.4, 0.5) is 0 Å². The second kappa shape index (κ2) is 8.26. The number of rotatable bonds is 4. The lowest BCUT2D eigenvalue weighted by molar-refractivity contribution is -0.140. The highest BCUT2D eigenvalue weighted by Gasteiger charge is 2.30. The van der Waals surface area contributed by atoms with Crippen LogP contribution in [0.5, 0.6) is 0 Å². The van der Waals surface area contributed by atoms with Gasteiger partial charge in [0.15, 0.2) is 0 Å². The molecular weight excluding hydrogens is 338 g/mol. The van der Waals surface area contributed by atoms with Gasteiger partial charge in [0.25, 0.3) is 0 Å². The normalized spacial score (nSPS) is 21.4. The lowest BCUT2D eigenvalue weighted by Gasteiger charge is -2.36. The van der Waals surface area contributed by atoms with Crippen LogP contribution in [0.3, 0.4) is 0 Å². The first kappa shape index (κ1) is 18.2. The van der Waals surface area contributed by atoms with Gasteiger partial charge in [0.1, 0.15) is 5.82 Å². The van der Waals surface area contributed by atoms with Crippen LogP contribution in [-0.4, -0.2) is 46.7 Å². The zero-order chi connectivity index (χ0) is 18.6. The van der Waals surface area contributed by atoms with Crippen molar-refractivity contribution >= 4 is 5.91 Å². The van der Waals surface area contributed by atoms with E-state index in [4.69, 9.17) is 4.74 Å². The molecule has 27 heavy (non-hydrogen) atoms. The zero-order valence-electron chi connectivity index (χ0n) is 16.1. The lowest BCUT2D eigenvalue weighted by Crippen LogP contribution is -2.45. The average molecular weight is 367 g/mol. The van der Waals surface area contributed by atoms with Gasteiger partial charge in [0.05, 0.1) is 0 Å². The van der Waals surface area contributed by atoms with Crippen molar-refractivity contribution in [2.45, 2.75) is 39.2 Å². The van der Waals surface area contributed by atoms with Crippen molar-refractivity contribution in [2.24, 2.45) is 11.8 Å². The van der Waals surface area contributed by atoms with Crippen molar-refractivity contribution in [3.8, 4) is 11.4 Å². The van der Waals surface area contributed by atoms with Crippen molar-refractivity contribution in [3.63, 3.8) is 0 Å². The zero-order valence-corrected chi connectivity index (χ0v) is 16.1. The average Bonchev–Trinajstić information content (AvgIpc) is 3.09. The van der Waals surface area contributed by atoms with E-state index in [1.807, 2.05) is 12.3 Å². The van der Waals surface area contributed by atoms with Crippen molar-refractivity contribution in [1.82, 2.24) is 14.5 Å². The second-order valence-electron chi connectivity index (χ2n) is 7.88. The fourth-order valence-corrected chi connectivity index (χ4v) is 4.38. The number of likely N-dealkylation sites (tertiary alicyclic amines) is 1. The Morgan fingerprint density at radius 1 is 1.19 bits per heavy atom. The van der Waals surface area contributed by atoms with Gasteiger partial charge in [-0.25, -0.2) is 4.98 Å². The minimum Gasteiger partial charge on any atom is -0.381 e. The number of hydrogen-bond acceptors (Lipinski definition) is 3. The fourth-order valence-electron chi connectivity index (χ4n) is 4.38. The molecule has 0 bridgehead atoms. The largest absolute Gasteiger partial charge is 0.381 e. The molecule has 0 spiro atoms. The van der Waals surface area contributed by atoms with E-state index in [9.17, 15) is 4.79 Å². The van der Waals surface area contributed by atoms with E-state index in [-0.39, 0.29) is 5.92 Å². The van der Waals surface area contributed by atoms with Crippen LogP contribution in [0.25, 0.3) is 11.4 Å². The molecule has 2 fully saturated rings. The van der Waals surface area contributed by atoms with Gasteiger partial charge in [-0.2, -0.15) is 0 Å². The molecule has 5 nitrogen and oxygen atoms in total. The Labute approximate surface area is 161 Å². The number of amides is 1. The number of nitrogens with zero attached hydrogens (tertiary/aromatic N) is 3. The molecule has 2 aromatic rings. The van der Waals surface area contributed by atoms with Gasteiger partial charge >= 0.3 is 0 Å². The quantitative estimate of drug-likeness (QED) is 0.831. The maximum Gasteiger partial charge on any atom is 0.225 e. The third-order valence-corrected chi connectivity index (χ3v) is 5.93. The predicted molar refractivity (Wildman–Crippen MR) is 105 cm³/mol. The van der Waals surface area contributed by atoms with Crippen LogP contribution in [0, 0.1) is 18.8 Å². The van der Waals surface area contributed by atoms with Crippen molar-refractivity contribution in [2.75, 3.05) is 26.3 Å². The molecule has 0 radical (unpaired) electrons. The first-order valence-electron chi connectivity index (χ1n) is 10.2. The highest BCUT2D eigenvalue weighted by atomic mass is 16.5. The number of carbonyl (C=O) groups is 1. The van der Waals surface area contributed by atoms with Crippen LogP contribution in [-0.2, 0) is 16.1 Å².